The van der Waals surface area contributed by atoms with Crippen LogP contribution in [0.15, 0.2) is 54.9 Å². The maximum Gasteiger partial charge on any atom is 0.407 e. The molecule has 0 aliphatic heterocycles. The molecule has 0 fully saturated rings. The predicted octanol–water partition coefficient (Wildman–Crippen LogP) is 3.77. The van der Waals surface area contributed by atoms with Gasteiger partial charge in [0.05, 0.1) is 0 Å². The normalized spacial score (nSPS) is 10.7. The first-order valence-electron chi connectivity index (χ1n) is 9.09. The fraction of sp³-hybridized carbons (Fsp3) is 0.286. The zero-order chi connectivity index (χ0) is 18.9. The van der Waals surface area contributed by atoms with Crippen molar-refractivity contribution in [3.8, 4) is 0 Å². The summed E-state index contributed by atoms with van der Waals surface area (Å²) >= 11 is 0. The highest BCUT2D eigenvalue weighted by atomic mass is 16.5. The Morgan fingerprint density at radius 2 is 1.93 bits per heavy atom. The van der Waals surface area contributed by atoms with Gasteiger partial charge in [0.25, 0.3) is 0 Å². The van der Waals surface area contributed by atoms with Gasteiger partial charge < -0.3 is 15.0 Å². The van der Waals surface area contributed by atoms with Crippen LogP contribution in [0.2, 0.25) is 0 Å². The number of carbonyl (C=O) groups excluding carboxylic acids is 2. The Labute approximate surface area is 158 Å². The first kappa shape index (κ1) is 18.6. The van der Waals surface area contributed by atoms with Crippen LogP contribution < -0.4 is 5.32 Å². The lowest BCUT2D eigenvalue weighted by Gasteiger charge is -2.07. The monoisotopic (exact) mass is 365 g/mol. The van der Waals surface area contributed by atoms with Crippen LogP contribution >= 0.6 is 0 Å². The van der Waals surface area contributed by atoms with Gasteiger partial charge in [-0.1, -0.05) is 30.3 Å². The number of nitrogens with zero attached hydrogens (tertiary/aromatic N) is 1. The summed E-state index contributed by atoms with van der Waals surface area (Å²) in [5.74, 6) is 0.190. The van der Waals surface area contributed by atoms with Crippen LogP contribution in [0.25, 0.3) is 11.0 Å². The standard InChI is InChI=1S/C21H23N3O3/c25-18(9-8-17-10-13-22-20-19(17)11-14-23-20)7-4-12-24-21(26)27-15-16-5-2-1-3-6-16/h1-3,5-6,10-11,13-14H,4,7-9,12,15H2,(H,22,23)(H,24,26). The molecule has 140 valence electrons. The molecule has 1 aromatic carbocycles. The molecule has 2 N–H and O–H groups in total. The maximum atomic E-state index is 12.1. The van der Waals surface area contributed by atoms with Crippen molar-refractivity contribution in [1.82, 2.24) is 15.3 Å². The summed E-state index contributed by atoms with van der Waals surface area (Å²) in [6.45, 7) is 0.668. The van der Waals surface area contributed by atoms with Crippen LogP contribution in [0.5, 0.6) is 0 Å². The number of fused-ring (bicyclic) bond motifs is 1. The molecule has 0 saturated carbocycles. The quantitative estimate of drug-likeness (QED) is 0.565. The average Bonchev–Trinajstić information content (AvgIpc) is 3.18. The molecular weight excluding hydrogens is 342 g/mol. The summed E-state index contributed by atoms with van der Waals surface area (Å²) in [6, 6.07) is 13.4. The minimum atomic E-state index is -0.460. The lowest BCUT2D eigenvalue weighted by molar-refractivity contribution is -0.119. The van der Waals surface area contributed by atoms with Crippen molar-refractivity contribution in [3.63, 3.8) is 0 Å². The van der Waals surface area contributed by atoms with Crippen LogP contribution in [0.3, 0.4) is 0 Å². The number of H-pyrrole nitrogens is 1. The number of ether oxygens (including phenoxy) is 1. The van der Waals surface area contributed by atoms with Gasteiger partial charge >= 0.3 is 6.09 Å². The molecular formula is C21H23N3O3. The lowest BCUT2D eigenvalue weighted by atomic mass is 10.0. The van der Waals surface area contributed by atoms with Gasteiger partial charge in [0, 0.05) is 37.2 Å². The van der Waals surface area contributed by atoms with Crippen LogP contribution in [0, 0.1) is 0 Å². The van der Waals surface area contributed by atoms with Crippen LogP contribution in [0.1, 0.15) is 30.4 Å². The molecule has 0 bridgehead atoms. The van der Waals surface area contributed by atoms with E-state index >= 15 is 0 Å². The third-order valence-corrected chi connectivity index (χ3v) is 4.34. The largest absolute Gasteiger partial charge is 0.445 e. The number of benzene rings is 1. The van der Waals surface area contributed by atoms with Crippen molar-refractivity contribution >= 4 is 22.9 Å². The number of alkyl carbamates (subject to hydrolysis) is 1. The minimum Gasteiger partial charge on any atom is -0.445 e. The summed E-state index contributed by atoms with van der Waals surface area (Å²) in [5.41, 5.74) is 2.91. The number of aromatic amines is 1. The molecule has 27 heavy (non-hydrogen) atoms. The summed E-state index contributed by atoms with van der Waals surface area (Å²) in [4.78, 5) is 31.0. The Balaban J connectivity index is 1.30. The van der Waals surface area contributed by atoms with Crippen molar-refractivity contribution < 1.29 is 14.3 Å². The van der Waals surface area contributed by atoms with Gasteiger partial charge in [0.1, 0.15) is 18.0 Å². The fourth-order valence-electron chi connectivity index (χ4n) is 2.89. The average molecular weight is 365 g/mol. The molecule has 0 radical (unpaired) electrons. The second-order valence-corrected chi connectivity index (χ2v) is 6.34. The molecule has 0 aliphatic carbocycles. The number of pyridine rings is 1. The van der Waals surface area contributed by atoms with E-state index in [1.54, 1.807) is 6.20 Å². The SMILES string of the molecule is O=C(CCCNC(=O)OCc1ccccc1)CCc1ccnc2[nH]ccc12. The van der Waals surface area contributed by atoms with Crippen LogP contribution in [-0.2, 0) is 22.6 Å². The highest BCUT2D eigenvalue weighted by molar-refractivity contribution is 5.82. The van der Waals surface area contributed by atoms with E-state index in [0.717, 1.165) is 22.2 Å². The molecule has 0 unspecified atom stereocenters. The number of hydrogen-bond donors (Lipinski definition) is 2. The highest BCUT2D eigenvalue weighted by Gasteiger charge is 2.07. The summed E-state index contributed by atoms with van der Waals surface area (Å²) in [6.07, 6.45) is 5.38. The molecule has 3 rings (SSSR count). The smallest absolute Gasteiger partial charge is 0.407 e. The topological polar surface area (TPSA) is 84.1 Å². The van der Waals surface area contributed by atoms with Crippen molar-refractivity contribution in [3.05, 3.63) is 66.0 Å². The number of carbonyl (C=O) groups is 2. The van der Waals surface area contributed by atoms with Crippen molar-refractivity contribution in [2.24, 2.45) is 0 Å². The van der Waals surface area contributed by atoms with Crippen LogP contribution in [0.4, 0.5) is 4.79 Å². The first-order chi connectivity index (χ1) is 13.2. The molecule has 0 spiro atoms. The molecule has 2 aromatic heterocycles. The predicted molar refractivity (Wildman–Crippen MR) is 103 cm³/mol. The molecule has 2 heterocycles. The van der Waals surface area contributed by atoms with Crippen molar-refractivity contribution in [2.45, 2.75) is 32.3 Å². The highest BCUT2D eigenvalue weighted by Crippen LogP contribution is 2.17. The van der Waals surface area contributed by atoms with Gasteiger partial charge in [0.2, 0.25) is 0 Å². The fourth-order valence-corrected chi connectivity index (χ4v) is 2.89. The van der Waals surface area contributed by atoms with Crippen molar-refractivity contribution in [1.29, 1.82) is 0 Å². The molecule has 6 nitrogen and oxygen atoms in total. The zero-order valence-electron chi connectivity index (χ0n) is 15.1. The molecule has 6 heteroatoms. The summed E-state index contributed by atoms with van der Waals surface area (Å²) in [7, 11) is 0. The Kier molecular flexibility index (Phi) is 6.57. The number of ketones is 1. The van der Waals surface area contributed by atoms with Crippen LogP contribution in [-0.4, -0.2) is 28.4 Å². The number of aryl methyl sites for hydroxylation is 1. The third-order valence-electron chi connectivity index (χ3n) is 4.34. The number of amides is 1. The summed E-state index contributed by atoms with van der Waals surface area (Å²) < 4.78 is 5.13. The lowest BCUT2D eigenvalue weighted by Crippen LogP contribution is -2.25. The number of rotatable bonds is 9. The molecule has 1 amide bonds. The second-order valence-electron chi connectivity index (χ2n) is 6.34. The van der Waals surface area contributed by atoms with Gasteiger partial charge in [-0.2, -0.15) is 0 Å². The number of nitrogens with one attached hydrogen (secondary N) is 2. The Morgan fingerprint density at radius 3 is 2.78 bits per heavy atom. The van der Waals surface area contributed by atoms with E-state index in [1.807, 2.05) is 48.7 Å². The van der Waals surface area contributed by atoms with E-state index < -0.39 is 6.09 Å². The zero-order valence-corrected chi connectivity index (χ0v) is 15.1. The Morgan fingerprint density at radius 1 is 1.07 bits per heavy atom. The van der Waals surface area contributed by atoms with Gasteiger partial charge in [-0.3, -0.25) is 4.79 Å². The maximum absolute atomic E-state index is 12.1. The molecule has 3 aromatic rings. The van der Waals surface area contributed by atoms with Gasteiger partial charge in [-0.15, -0.1) is 0 Å². The van der Waals surface area contributed by atoms with E-state index in [2.05, 4.69) is 15.3 Å². The Hall–Kier alpha value is -3.15. The number of hydrogen-bond acceptors (Lipinski definition) is 4. The van der Waals surface area contributed by atoms with Gasteiger partial charge in [-0.05, 0) is 36.1 Å². The van der Waals surface area contributed by atoms with Gasteiger partial charge in [-0.25, -0.2) is 9.78 Å². The Bertz CT molecular complexity index is 890. The van der Waals surface area contributed by atoms with E-state index in [4.69, 9.17) is 4.74 Å². The number of Topliss-reactive ketones (excluding diaryl/α,β-unsaturated/α-hetero) is 1. The van der Waals surface area contributed by atoms with Crippen molar-refractivity contribution in [2.75, 3.05) is 6.54 Å². The van der Waals surface area contributed by atoms with Gasteiger partial charge in [0.15, 0.2) is 0 Å². The minimum absolute atomic E-state index is 0.190. The summed E-state index contributed by atoms with van der Waals surface area (Å²) in [5, 5.41) is 3.74. The van der Waals surface area contributed by atoms with E-state index in [0.29, 0.717) is 32.2 Å². The molecule has 0 saturated heterocycles. The molecule has 0 aliphatic rings. The molecule has 0 atom stereocenters. The third kappa shape index (κ3) is 5.67. The first-order valence-corrected chi connectivity index (χ1v) is 9.09. The van der Waals surface area contributed by atoms with E-state index in [1.165, 1.54) is 0 Å². The van der Waals surface area contributed by atoms with E-state index in [-0.39, 0.29) is 12.4 Å². The number of aromatic nitrogens is 2. The second kappa shape index (κ2) is 9.52. The van der Waals surface area contributed by atoms with E-state index in [9.17, 15) is 9.59 Å².